The number of anilines is 1. The molecule has 0 unspecified atom stereocenters. The molecule has 1 aliphatic heterocycles. The van der Waals surface area contributed by atoms with Gasteiger partial charge in [0.1, 0.15) is 17.4 Å². The van der Waals surface area contributed by atoms with Gasteiger partial charge in [0, 0.05) is 18.5 Å². The van der Waals surface area contributed by atoms with E-state index in [1.54, 1.807) is 0 Å². The number of aromatic nitrogens is 2. The third-order valence-electron chi connectivity index (χ3n) is 5.45. The fraction of sp³-hybridized carbons (Fsp3) is 0.364. The molecule has 5 heteroatoms. The van der Waals surface area contributed by atoms with Crippen molar-refractivity contribution >= 4 is 16.7 Å². The third-order valence-corrected chi connectivity index (χ3v) is 5.45. The molecule has 1 saturated heterocycles. The maximum Gasteiger partial charge on any atom is 0.168 e. The molecule has 4 nitrogen and oxygen atoms in total. The number of aryl methyl sites for hydroxylation is 1. The van der Waals surface area contributed by atoms with Gasteiger partial charge in [-0.2, -0.15) is 0 Å². The Kier molecular flexibility index (Phi) is 4.68. The molecule has 0 amide bonds. The molecule has 0 radical (unpaired) electrons. The van der Waals surface area contributed by atoms with E-state index in [0.717, 1.165) is 49.1 Å². The summed E-state index contributed by atoms with van der Waals surface area (Å²) in [6.45, 7) is 6.21. The first kappa shape index (κ1) is 17.7. The molecule has 1 aliphatic rings. The second-order valence-corrected chi connectivity index (χ2v) is 7.38. The van der Waals surface area contributed by atoms with Gasteiger partial charge < -0.3 is 10.0 Å². The molecule has 3 aromatic rings. The van der Waals surface area contributed by atoms with Crippen LogP contribution in [0, 0.1) is 11.7 Å². The van der Waals surface area contributed by atoms with Crippen LogP contribution in [-0.4, -0.2) is 28.2 Å². The van der Waals surface area contributed by atoms with Crippen LogP contribution in [0.5, 0.6) is 5.75 Å². The Morgan fingerprint density at radius 2 is 1.93 bits per heavy atom. The summed E-state index contributed by atoms with van der Waals surface area (Å²) in [7, 11) is 0. The summed E-state index contributed by atoms with van der Waals surface area (Å²) < 4.78 is 14.5. The fourth-order valence-electron chi connectivity index (χ4n) is 3.69. The molecule has 1 N–H and O–H groups in total. The van der Waals surface area contributed by atoms with Crippen LogP contribution >= 0.6 is 0 Å². The minimum Gasteiger partial charge on any atom is -0.507 e. The van der Waals surface area contributed by atoms with E-state index in [0.29, 0.717) is 5.92 Å². The van der Waals surface area contributed by atoms with Gasteiger partial charge in [0.25, 0.3) is 0 Å². The van der Waals surface area contributed by atoms with E-state index in [1.165, 1.54) is 23.8 Å². The normalized spacial score (nSPS) is 15.4. The lowest BCUT2D eigenvalue weighted by Crippen LogP contribution is -2.33. The van der Waals surface area contributed by atoms with Gasteiger partial charge in [-0.1, -0.05) is 26.0 Å². The number of phenolic OH excluding ortho intramolecular Hbond substituents is 1. The lowest BCUT2D eigenvalue weighted by atomic mass is 9.99. The molecule has 0 spiro atoms. The number of benzene rings is 2. The van der Waals surface area contributed by atoms with Crippen molar-refractivity contribution in [2.24, 2.45) is 5.92 Å². The Hall–Kier alpha value is -2.69. The predicted molar refractivity (Wildman–Crippen MR) is 107 cm³/mol. The maximum atomic E-state index is 14.5. The number of hydrogen-bond donors (Lipinski definition) is 1. The van der Waals surface area contributed by atoms with Crippen LogP contribution in [0.4, 0.5) is 10.2 Å². The summed E-state index contributed by atoms with van der Waals surface area (Å²) in [5, 5.41) is 11.2. The summed E-state index contributed by atoms with van der Waals surface area (Å²) in [4.78, 5) is 11.6. The molecule has 27 heavy (non-hydrogen) atoms. The monoisotopic (exact) mass is 365 g/mol. The maximum absolute atomic E-state index is 14.5. The van der Waals surface area contributed by atoms with Crippen molar-refractivity contribution in [1.82, 2.24) is 9.97 Å². The Labute approximate surface area is 158 Å². The number of piperidine rings is 1. The summed E-state index contributed by atoms with van der Waals surface area (Å²) >= 11 is 0. The molecule has 140 valence electrons. The standard InChI is InChI=1S/C22H24FN3O/c1-3-15-7-8-16-18(13-15)24-21(20-17(23)5-4-6-19(20)27)25-22(16)26-11-9-14(2)10-12-26/h4-8,13-14,27H,3,9-12H2,1-2H3. The zero-order chi connectivity index (χ0) is 19.0. The zero-order valence-corrected chi connectivity index (χ0v) is 15.7. The van der Waals surface area contributed by atoms with Crippen molar-refractivity contribution < 1.29 is 9.50 Å². The number of rotatable bonds is 3. The molecule has 2 heterocycles. The SMILES string of the molecule is CCc1ccc2c(N3CCC(C)CC3)nc(-c3c(O)cccc3F)nc2c1. The van der Waals surface area contributed by atoms with Crippen LogP contribution in [0.2, 0.25) is 0 Å². The van der Waals surface area contributed by atoms with Gasteiger partial charge in [-0.15, -0.1) is 0 Å². The van der Waals surface area contributed by atoms with Crippen LogP contribution in [0.15, 0.2) is 36.4 Å². The van der Waals surface area contributed by atoms with E-state index in [1.807, 2.05) is 6.07 Å². The van der Waals surface area contributed by atoms with Gasteiger partial charge in [-0.25, -0.2) is 14.4 Å². The van der Waals surface area contributed by atoms with Crippen LogP contribution in [-0.2, 0) is 6.42 Å². The number of phenols is 1. The zero-order valence-electron chi connectivity index (χ0n) is 15.7. The van der Waals surface area contributed by atoms with Crippen molar-refractivity contribution in [1.29, 1.82) is 0 Å². The Morgan fingerprint density at radius 3 is 2.63 bits per heavy atom. The number of fused-ring (bicyclic) bond motifs is 1. The minimum atomic E-state index is -0.515. The highest BCUT2D eigenvalue weighted by Crippen LogP contribution is 2.34. The van der Waals surface area contributed by atoms with Crippen molar-refractivity contribution in [2.45, 2.75) is 33.1 Å². The molecule has 0 bridgehead atoms. The van der Waals surface area contributed by atoms with Crippen LogP contribution in [0.25, 0.3) is 22.3 Å². The highest BCUT2D eigenvalue weighted by Gasteiger charge is 2.22. The van der Waals surface area contributed by atoms with Crippen LogP contribution < -0.4 is 4.90 Å². The first-order valence-corrected chi connectivity index (χ1v) is 9.60. The molecule has 0 aliphatic carbocycles. The lowest BCUT2D eigenvalue weighted by molar-refractivity contribution is 0.437. The molecular weight excluding hydrogens is 341 g/mol. The quantitative estimate of drug-likeness (QED) is 0.714. The van der Waals surface area contributed by atoms with E-state index in [4.69, 9.17) is 4.98 Å². The van der Waals surface area contributed by atoms with Gasteiger partial charge in [0.2, 0.25) is 0 Å². The van der Waals surface area contributed by atoms with Crippen molar-refractivity contribution in [2.75, 3.05) is 18.0 Å². The average molecular weight is 365 g/mol. The molecule has 4 rings (SSSR count). The molecule has 2 aromatic carbocycles. The minimum absolute atomic E-state index is 0.0629. The lowest BCUT2D eigenvalue weighted by Gasteiger charge is -2.32. The first-order valence-electron chi connectivity index (χ1n) is 9.60. The predicted octanol–water partition coefficient (Wildman–Crippen LogP) is 4.94. The second-order valence-electron chi connectivity index (χ2n) is 7.38. The Bertz CT molecular complexity index is 960. The number of aromatic hydroxyl groups is 1. The summed E-state index contributed by atoms with van der Waals surface area (Å²) in [6.07, 6.45) is 3.12. The highest BCUT2D eigenvalue weighted by molar-refractivity contribution is 5.92. The smallest absolute Gasteiger partial charge is 0.168 e. The third kappa shape index (κ3) is 3.34. The van der Waals surface area contributed by atoms with Gasteiger partial charge >= 0.3 is 0 Å². The highest BCUT2D eigenvalue weighted by atomic mass is 19.1. The second kappa shape index (κ2) is 7.14. The number of nitrogens with zero attached hydrogens (tertiary/aromatic N) is 3. The Balaban J connectivity index is 1.92. The van der Waals surface area contributed by atoms with Gasteiger partial charge in [-0.05, 0) is 55.0 Å². The van der Waals surface area contributed by atoms with Crippen LogP contribution in [0.3, 0.4) is 0 Å². The number of halogens is 1. The summed E-state index contributed by atoms with van der Waals surface area (Å²) in [6, 6.07) is 10.5. The molecular formula is C22H24FN3O. The average Bonchev–Trinajstić information content (AvgIpc) is 2.67. The van der Waals surface area contributed by atoms with Crippen molar-refractivity contribution in [3.05, 3.63) is 47.8 Å². The largest absolute Gasteiger partial charge is 0.507 e. The van der Waals surface area contributed by atoms with E-state index in [-0.39, 0.29) is 17.1 Å². The summed E-state index contributed by atoms with van der Waals surface area (Å²) in [5.41, 5.74) is 2.02. The van der Waals surface area contributed by atoms with E-state index >= 15 is 0 Å². The van der Waals surface area contributed by atoms with Gasteiger partial charge in [0.15, 0.2) is 5.82 Å². The molecule has 1 aromatic heterocycles. The first-order chi connectivity index (χ1) is 13.1. The number of hydrogen-bond acceptors (Lipinski definition) is 4. The molecule has 0 saturated carbocycles. The van der Waals surface area contributed by atoms with Crippen molar-refractivity contribution in [3.63, 3.8) is 0 Å². The summed E-state index contributed by atoms with van der Waals surface area (Å²) in [5.74, 6) is 1.11. The van der Waals surface area contributed by atoms with E-state index < -0.39 is 5.82 Å². The molecule has 1 fully saturated rings. The topological polar surface area (TPSA) is 49.2 Å². The molecule has 0 atom stereocenters. The van der Waals surface area contributed by atoms with Crippen molar-refractivity contribution in [3.8, 4) is 17.1 Å². The van der Waals surface area contributed by atoms with E-state index in [9.17, 15) is 9.50 Å². The van der Waals surface area contributed by atoms with Gasteiger partial charge in [-0.3, -0.25) is 0 Å². The van der Waals surface area contributed by atoms with E-state index in [2.05, 4.69) is 35.9 Å². The van der Waals surface area contributed by atoms with Crippen LogP contribution in [0.1, 0.15) is 32.3 Å². The van der Waals surface area contributed by atoms with Gasteiger partial charge in [0.05, 0.1) is 11.1 Å². The fourth-order valence-corrected chi connectivity index (χ4v) is 3.69. The Morgan fingerprint density at radius 1 is 1.15 bits per heavy atom.